The van der Waals surface area contributed by atoms with E-state index in [1.807, 2.05) is 6.26 Å². The van der Waals surface area contributed by atoms with Gasteiger partial charge in [-0.15, -0.1) is 0 Å². The van der Waals surface area contributed by atoms with Crippen molar-refractivity contribution in [3.63, 3.8) is 0 Å². The molecule has 0 radical (unpaired) electrons. The van der Waals surface area contributed by atoms with Gasteiger partial charge in [0.15, 0.2) is 0 Å². The average molecular weight is 405 g/mol. The molecular formula is C20H18F3N3OS. The van der Waals surface area contributed by atoms with Gasteiger partial charge >= 0.3 is 0 Å². The van der Waals surface area contributed by atoms with Crippen LogP contribution in [0.3, 0.4) is 0 Å². The van der Waals surface area contributed by atoms with Crippen molar-refractivity contribution in [3.05, 3.63) is 65.7 Å². The van der Waals surface area contributed by atoms with Crippen molar-refractivity contribution >= 4 is 23.4 Å². The lowest BCUT2D eigenvalue weighted by atomic mass is 10.0. The van der Waals surface area contributed by atoms with E-state index in [4.69, 9.17) is 4.74 Å². The van der Waals surface area contributed by atoms with Crippen LogP contribution in [0.1, 0.15) is 12.5 Å². The number of aromatic nitrogens is 2. The van der Waals surface area contributed by atoms with Gasteiger partial charge in [0.05, 0.1) is 12.8 Å². The zero-order chi connectivity index (χ0) is 20.1. The first-order chi connectivity index (χ1) is 13.5. The maximum Gasteiger partial charge on any atom is 0.215 e. The van der Waals surface area contributed by atoms with Crippen LogP contribution >= 0.6 is 11.8 Å². The first kappa shape index (κ1) is 20.0. The number of halogens is 3. The molecule has 3 rings (SSSR count). The molecule has 2 aromatic heterocycles. The third-order valence-electron chi connectivity index (χ3n) is 3.81. The Bertz CT molecular complexity index is 985. The fourth-order valence-electron chi connectivity index (χ4n) is 2.70. The number of hydrogen-bond donors (Lipinski definition) is 1. The molecule has 1 aromatic carbocycles. The monoisotopic (exact) mass is 405 g/mol. The quantitative estimate of drug-likeness (QED) is 0.521. The molecule has 0 atom stereocenters. The minimum absolute atomic E-state index is 0.182. The molecule has 0 saturated carbocycles. The molecule has 0 spiro atoms. The molecule has 8 heteroatoms. The first-order valence-electron chi connectivity index (χ1n) is 8.51. The van der Waals surface area contributed by atoms with E-state index in [1.54, 1.807) is 24.8 Å². The van der Waals surface area contributed by atoms with E-state index in [9.17, 15) is 13.2 Å². The molecule has 1 N–H and O–H groups in total. The minimum Gasteiger partial charge on any atom is -0.493 e. The standard InChI is InChI=1S/C20H18F3N3OS/c1-3-27-17-8-13(21)4-5-14(17)15-9-19(24-10-16(15)22)26-20-7-12(11-28-2)6-18(23)25-20/h4-10H,3,11H2,1-2H3,(H,24,25,26). The summed E-state index contributed by atoms with van der Waals surface area (Å²) in [6, 6.07) is 8.39. The third kappa shape index (κ3) is 4.75. The lowest BCUT2D eigenvalue weighted by Crippen LogP contribution is -2.01. The molecule has 0 aliphatic carbocycles. The molecule has 0 fully saturated rings. The van der Waals surface area contributed by atoms with Crippen molar-refractivity contribution in [1.82, 2.24) is 9.97 Å². The fourth-order valence-corrected chi connectivity index (χ4v) is 3.20. The van der Waals surface area contributed by atoms with E-state index in [1.165, 1.54) is 30.3 Å². The van der Waals surface area contributed by atoms with Gasteiger partial charge in [-0.05, 0) is 49.1 Å². The number of thioether (sulfide) groups is 1. The molecule has 0 unspecified atom stereocenters. The zero-order valence-corrected chi connectivity index (χ0v) is 16.1. The van der Waals surface area contributed by atoms with Crippen molar-refractivity contribution in [2.45, 2.75) is 12.7 Å². The Kier molecular flexibility index (Phi) is 6.41. The Morgan fingerprint density at radius 2 is 1.86 bits per heavy atom. The van der Waals surface area contributed by atoms with Crippen LogP contribution in [0, 0.1) is 17.6 Å². The topological polar surface area (TPSA) is 47.0 Å². The molecule has 3 aromatic rings. The Balaban J connectivity index is 1.97. The van der Waals surface area contributed by atoms with Gasteiger partial charge in [0.1, 0.15) is 29.0 Å². The molecule has 2 heterocycles. The Labute approximate surface area is 165 Å². The van der Waals surface area contributed by atoms with Crippen LogP contribution in [0.4, 0.5) is 24.8 Å². The van der Waals surface area contributed by atoms with Crippen molar-refractivity contribution < 1.29 is 17.9 Å². The van der Waals surface area contributed by atoms with Crippen LogP contribution in [-0.2, 0) is 5.75 Å². The van der Waals surface area contributed by atoms with E-state index in [2.05, 4.69) is 15.3 Å². The van der Waals surface area contributed by atoms with E-state index >= 15 is 0 Å². The highest BCUT2D eigenvalue weighted by Crippen LogP contribution is 2.34. The number of nitrogens with zero attached hydrogens (tertiary/aromatic N) is 2. The van der Waals surface area contributed by atoms with Gasteiger partial charge in [-0.2, -0.15) is 16.2 Å². The second kappa shape index (κ2) is 8.97. The summed E-state index contributed by atoms with van der Waals surface area (Å²) in [7, 11) is 0. The van der Waals surface area contributed by atoms with Gasteiger partial charge in [0.25, 0.3) is 0 Å². The highest BCUT2D eigenvalue weighted by molar-refractivity contribution is 7.97. The smallest absolute Gasteiger partial charge is 0.215 e. The SMILES string of the molecule is CCOc1cc(F)ccc1-c1cc(Nc2cc(CSC)cc(F)n2)ncc1F. The van der Waals surface area contributed by atoms with Crippen molar-refractivity contribution in [3.8, 4) is 16.9 Å². The van der Waals surface area contributed by atoms with Gasteiger partial charge in [-0.25, -0.2) is 18.7 Å². The molecule has 0 bridgehead atoms. The number of nitrogens with one attached hydrogen (secondary N) is 1. The summed E-state index contributed by atoms with van der Waals surface area (Å²) in [4.78, 5) is 7.79. The van der Waals surface area contributed by atoms with Gasteiger partial charge in [0, 0.05) is 22.9 Å². The average Bonchev–Trinajstić information content (AvgIpc) is 2.64. The third-order valence-corrected chi connectivity index (χ3v) is 4.43. The zero-order valence-electron chi connectivity index (χ0n) is 15.3. The molecule has 0 saturated heterocycles. The van der Waals surface area contributed by atoms with Crippen LogP contribution in [-0.4, -0.2) is 22.8 Å². The molecular weight excluding hydrogens is 387 g/mol. The highest BCUT2D eigenvalue weighted by Gasteiger charge is 2.14. The summed E-state index contributed by atoms with van der Waals surface area (Å²) in [6.07, 6.45) is 2.96. The normalized spacial score (nSPS) is 10.8. The lowest BCUT2D eigenvalue weighted by molar-refractivity contribution is 0.339. The van der Waals surface area contributed by atoms with Crippen LogP contribution in [0.5, 0.6) is 5.75 Å². The maximum absolute atomic E-state index is 14.4. The minimum atomic E-state index is -0.617. The summed E-state index contributed by atoms with van der Waals surface area (Å²) < 4.78 is 47.2. The molecule has 0 amide bonds. The van der Waals surface area contributed by atoms with Gasteiger partial charge in [0.2, 0.25) is 5.95 Å². The molecule has 28 heavy (non-hydrogen) atoms. The predicted molar refractivity (Wildman–Crippen MR) is 105 cm³/mol. The predicted octanol–water partition coefficient (Wildman–Crippen LogP) is 5.57. The Morgan fingerprint density at radius 1 is 1.04 bits per heavy atom. The molecule has 0 aliphatic heterocycles. The number of hydrogen-bond acceptors (Lipinski definition) is 5. The van der Waals surface area contributed by atoms with Crippen LogP contribution in [0.2, 0.25) is 0 Å². The number of pyridine rings is 2. The number of benzene rings is 1. The number of anilines is 2. The summed E-state index contributed by atoms with van der Waals surface area (Å²) in [5.41, 5.74) is 1.34. The largest absolute Gasteiger partial charge is 0.493 e. The van der Waals surface area contributed by atoms with Crippen LogP contribution < -0.4 is 10.1 Å². The molecule has 0 aliphatic rings. The fraction of sp³-hybridized carbons (Fsp3) is 0.200. The van der Waals surface area contributed by atoms with E-state index < -0.39 is 17.6 Å². The molecule has 146 valence electrons. The Morgan fingerprint density at radius 3 is 2.61 bits per heavy atom. The van der Waals surface area contributed by atoms with E-state index in [-0.39, 0.29) is 22.9 Å². The van der Waals surface area contributed by atoms with E-state index in [0.29, 0.717) is 17.9 Å². The van der Waals surface area contributed by atoms with Crippen molar-refractivity contribution in [2.75, 3.05) is 18.2 Å². The van der Waals surface area contributed by atoms with Crippen LogP contribution in [0.15, 0.2) is 42.6 Å². The van der Waals surface area contributed by atoms with E-state index in [0.717, 1.165) is 11.8 Å². The highest BCUT2D eigenvalue weighted by atomic mass is 32.2. The second-order valence-electron chi connectivity index (χ2n) is 5.86. The van der Waals surface area contributed by atoms with Gasteiger partial charge < -0.3 is 10.1 Å². The first-order valence-corrected chi connectivity index (χ1v) is 9.90. The van der Waals surface area contributed by atoms with Gasteiger partial charge in [-0.1, -0.05) is 0 Å². The maximum atomic E-state index is 14.4. The summed E-state index contributed by atoms with van der Waals surface area (Å²) in [5.74, 6) is -0.296. The lowest BCUT2D eigenvalue weighted by Gasteiger charge is -2.13. The second-order valence-corrected chi connectivity index (χ2v) is 6.73. The van der Waals surface area contributed by atoms with Crippen LogP contribution in [0.25, 0.3) is 11.1 Å². The number of ether oxygens (including phenoxy) is 1. The summed E-state index contributed by atoms with van der Waals surface area (Å²) in [5, 5.41) is 2.89. The van der Waals surface area contributed by atoms with Crippen molar-refractivity contribution in [2.24, 2.45) is 0 Å². The number of rotatable bonds is 7. The summed E-state index contributed by atoms with van der Waals surface area (Å²) >= 11 is 1.56. The molecule has 4 nitrogen and oxygen atoms in total. The van der Waals surface area contributed by atoms with Gasteiger partial charge in [-0.3, -0.25) is 0 Å². The Hall–Kier alpha value is -2.74. The van der Waals surface area contributed by atoms with Crippen molar-refractivity contribution in [1.29, 1.82) is 0 Å². The summed E-state index contributed by atoms with van der Waals surface area (Å²) in [6.45, 7) is 2.06.